The van der Waals surface area contributed by atoms with Gasteiger partial charge < -0.3 is 9.15 Å². The molecule has 0 aliphatic rings. The molecule has 1 heterocycles. The first kappa shape index (κ1) is 18.4. The van der Waals surface area contributed by atoms with Crippen LogP contribution in [0.2, 0.25) is 0 Å². The Balaban J connectivity index is 1.98. The number of methoxy groups -OCH3 is 1. The molecule has 2 aromatic carbocycles. The molecule has 0 amide bonds. The molecule has 0 aliphatic carbocycles. The number of nitro benzene ring substituents is 1. The molecule has 1 aromatic heterocycles. The van der Waals surface area contributed by atoms with Crippen LogP contribution in [0.5, 0.6) is 5.75 Å². The lowest BCUT2D eigenvalue weighted by atomic mass is 10.0. The summed E-state index contributed by atoms with van der Waals surface area (Å²) in [7, 11) is 1.43. The van der Waals surface area contributed by atoms with Crippen LogP contribution in [0.3, 0.4) is 0 Å². The van der Waals surface area contributed by atoms with E-state index in [-0.39, 0.29) is 5.69 Å². The van der Waals surface area contributed by atoms with Gasteiger partial charge in [-0.05, 0) is 48.0 Å². The predicted octanol–water partition coefficient (Wildman–Crippen LogP) is 4.80. The van der Waals surface area contributed by atoms with Gasteiger partial charge in [-0.2, -0.15) is 10.5 Å². The Bertz CT molecular complexity index is 1150. The van der Waals surface area contributed by atoms with E-state index in [1.807, 2.05) is 6.07 Å². The topological polar surface area (TPSA) is 113 Å². The lowest BCUT2D eigenvalue weighted by Gasteiger charge is -2.03. The summed E-state index contributed by atoms with van der Waals surface area (Å²) in [4.78, 5) is 10.9. The van der Waals surface area contributed by atoms with Crippen molar-refractivity contribution in [1.29, 1.82) is 10.5 Å². The van der Waals surface area contributed by atoms with Crippen molar-refractivity contribution in [3.8, 4) is 29.2 Å². The van der Waals surface area contributed by atoms with E-state index in [1.54, 1.807) is 54.6 Å². The Hall–Kier alpha value is -4.36. The Morgan fingerprint density at radius 1 is 1.14 bits per heavy atom. The second-order valence-electron chi connectivity index (χ2n) is 5.70. The third kappa shape index (κ3) is 3.74. The Morgan fingerprint density at radius 2 is 1.89 bits per heavy atom. The maximum absolute atomic E-state index is 11.4. The highest BCUT2D eigenvalue weighted by Gasteiger charge is 2.19. The van der Waals surface area contributed by atoms with Gasteiger partial charge in [0.1, 0.15) is 17.3 Å². The molecule has 0 radical (unpaired) electrons. The van der Waals surface area contributed by atoms with Crippen molar-refractivity contribution < 1.29 is 14.1 Å². The largest absolute Gasteiger partial charge is 0.497 e. The van der Waals surface area contributed by atoms with Gasteiger partial charge in [-0.25, -0.2) is 0 Å². The van der Waals surface area contributed by atoms with Gasteiger partial charge in [0.05, 0.1) is 46.9 Å². The third-order valence-electron chi connectivity index (χ3n) is 4.03. The van der Waals surface area contributed by atoms with Crippen LogP contribution in [-0.4, -0.2) is 12.0 Å². The second kappa shape index (κ2) is 7.90. The Morgan fingerprint density at radius 3 is 2.50 bits per heavy atom. The van der Waals surface area contributed by atoms with E-state index in [4.69, 9.17) is 14.4 Å². The van der Waals surface area contributed by atoms with Crippen molar-refractivity contribution in [2.75, 3.05) is 7.11 Å². The zero-order valence-electron chi connectivity index (χ0n) is 14.7. The maximum atomic E-state index is 11.4. The molecule has 3 aromatic rings. The van der Waals surface area contributed by atoms with Gasteiger partial charge in [0, 0.05) is 0 Å². The first-order valence-electron chi connectivity index (χ1n) is 8.10. The number of benzene rings is 2. The molecule has 0 aliphatic heterocycles. The van der Waals surface area contributed by atoms with E-state index < -0.39 is 4.92 Å². The fraction of sp³-hybridized carbons (Fsp3) is 0.0476. The number of nitriles is 2. The smallest absolute Gasteiger partial charge is 0.284 e. The highest BCUT2D eigenvalue weighted by Crippen LogP contribution is 2.34. The number of furan rings is 1. The third-order valence-corrected chi connectivity index (χ3v) is 4.03. The molecule has 7 nitrogen and oxygen atoms in total. The van der Waals surface area contributed by atoms with Gasteiger partial charge in [0.15, 0.2) is 0 Å². The van der Waals surface area contributed by atoms with Crippen molar-refractivity contribution in [2.45, 2.75) is 0 Å². The zero-order chi connectivity index (χ0) is 20.1. The summed E-state index contributed by atoms with van der Waals surface area (Å²) in [6.07, 6.45) is 1.54. The number of nitrogens with zero attached hydrogens (tertiary/aromatic N) is 3. The van der Waals surface area contributed by atoms with Gasteiger partial charge in [-0.1, -0.05) is 12.1 Å². The van der Waals surface area contributed by atoms with Crippen molar-refractivity contribution in [1.82, 2.24) is 0 Å². The van der Waals surface area contributed by atoms with Crippen LogP contribution in [0, 0.1) is 32.8 Å². The normalized spacial score (nSPS) is 10.8. The summed E-state index contributed by atoms with van der Waals surface area (Å²) in [6, 6.07) is 18.4. The minimum atomic E-state index is -0.507. The SMILES string of the molecule is COc1ccc(-c2ccc(C=C(C#N)c3ccc(C#N)cc3)o2)c([N+](=O)[O-])c1. The van der Waals surface area contributed by atoms with E-state index >= 15 is 0 Å². The molecular weight excluding hydrogens is 358 g/mol. The van der Waals surface area contributed by atoms with Crippen molar-refractivity contribution in [3.05, 3.63) is 81.6 Å². The molecule has 0 spiro atoms. The lowest BCUT2D eigenvalue weighted by Crippen LogP contribution is -1.93. The predicted molar refractivity (Wildman–Crippen MR) is 102 cm³/mol. The maximum Gasteiger partial charge on any atom is 0.284 e. The molecule has 28 heavy (non-hydrogen) atoms. The van der Waals surface area contributed by atoms with E-state index in [0.717, 1.165) is 0 Å². The van der Waals surface area contributed by atoms with E-state index in [2.05, 4.69) is 6.07 Å². The number of allylic oxidation sites excluding steroid dienone is 1. The fourth-order valence-electron chi connectivity index (χ4n) is 2.62. The summed E-state index contributed by atoms with van der Waals surface area (Å²) >= 11 is 0. The molecule has 0 N–H and O–H groups in total. The van der Waals surface area contributed by atoms with Crippen molar-refractivity contribution >= 4 is 17.3 Å². The first-order valence-corrected chi connectivity index (χ1v) is 8.10. The van der Waals surface area contributed by atoms with Crippen LogP contribution in [-0.2, 0) is 0 Å². The summed E-state index contributed by atoms with van der Waals surface area (Å²) in [5.41, 5.74) is 1.64. The number of hydrogen-bond acceptors (Lipinski definition) is 6. The molecular formula is C21H13N3O4. The van der Waals surface area contributed by atoms with Gasteiger partial charge in [0.2, 0.25) is 0 Å². The van der Waals surface area contributed by atoms with Gasteiger partial charge in [0.25, 0.3) is 5.69 Å². The number of ether oxygens (including phenoxy) is 1. The van der Waals surface area contributed by atoms with Crippen LogP contribution in [0.4, 0.5) is 5.69 Å². The average molecular weight is 371 g/mol. The quantitative estimate of drug-likeness (QED) is 0.362. The highest BCUT2D eigenvalue weighted by molar-refractivity contribution is 5.89. The molecule has 0 bridgehead atoms. The first-order chi connectivity index (χ1) is 13.5. The minimum absolute atomic E-state index is 0.142. The fourth-order valence-corrected chi connectivity index (χ4v) is 2.62. The van der Waals surface area contributed by atoms with Gasteiger partial charge in [-0.15, -0.1) is 0 Å². The molecule has 0 unspecified atom stereocenters. The standard InChI is InChI=1S/C21H13N3O4/c1-27-17-6-8-19(20(11-17)24(25)26)21-9-7-18(28-21)10-16(13-23)15-4-2-14(12-22)3-5-15/h2-11H,1H3. The summed E-state index contributed by atoms with van der Waals surface area (Å²) in [5.74, 6) is 1.05. The summed E-state index contributed by atoms with van der Waals surface area (Å²) in [6.45, 7) is 0. The Labute approximate surface area is 160 Å². The number of nitro groups is 1. The monoisotopic (exact) mass is 371 g/mol. The van der Waals surface area contributed by atoms with Gasteiger partial charge in [-0.3, -0.25) is 10.1 Å². The molecule has 0 fully saturated rings. The van der Waals surface area contributed by atoms with Crippen LogP contribution >= 0.6 is 0 Å². The van der Waals surface area contributed by atoms with Gasteiger partial charge >= 0.3 is 0 Å². The number of rotatable bonds is 5. The van der Waals surface area contributed by atoms with Crippen LogP contribution < -0.4 is 4.74 Å². The summed E-state index contributed by atoms with van der Waals surface area (Å²) < 4.78 is 10.7. The average Bonchev–Trinajstić information content (AvgIpc) is 3.20. The number of hydrogen-bond donors (Lipinski definition) is 0. The second-order valence-corrected chi connectivity index (χ2v) is 5.70. The minimum Gasteiger partial charge on any atom is -0.497 e. The summed E-state index contributed by atoms with van der Waals surface area (Å²) in [5, 5.41) is 29.7. The molecule has 0 saturated heterocycles. The Kier molecular flexibility index (Phi) is 5.20. The molecule has 3 rings (SSSR count). The molecule has 7 heteroatoms. The molecule has 0 atom stereocenters. The van der Waals surface area contributed by atoms with Crippen LogP contribution in [0.1, 0.15) is 16.9 Å². The van der Waals surface area contributed by atoms with E-state index in [0.29, 0.717) is 39.5 Å². The van der Waals surface area contributed by atoms with E-state index in [1.165, 1.54) is 13.2 Å². The zero-order valence-corrected chi connectivity index (χ0v) is 14.7. The van der Waals surface area contributed by atoms with Crippen LogP contribution in [0.15, 0.2) is 59.0 Å². The molecule has 136 valence electrons. The molecule has 0 saturated carbocycles. The highest BCUT2D eigenvalue weighted by atomic mass is 16.6. The van der Waals surface area contributed by atoms with E-state index in [9.17, 15) is 15.4 Å². The van der Waals surface area contributed by atoms with Crippen molar-refractivity contribution in [2.24, 2.45) is 0 Å². The lowest BCUT2D eigenvalue weighted by molar-refractivity contribution is -0.384. The van der Waals surface area contributed by atoms with Crippen LogP contribution in [0.25, 0.3) is 23.0 Å². The van der Waals surface area contributed by atoms with Crippen molar-refractivity contribution in [3.63, 3.8) is 0 Å².